The molecule has 0 aromatic rings. The Kier molecular flexibility index (Phi) is 4.54. The first-order chi connectivity index (χ1) is 14.9. The van der Waals surface area contributed by atoms with Crippen LogP contribution in [0.15, 0.2) is 11.6 Å². The summed E-state index contributed by atoms with van der Waals surface area (Å²) in [5.41, 5.74) is 0.864. The van der Waals surface area contributed by atoms with Crippen LogP contribution in [0.5, 0.6) is 0 Å². The first-order valence-corrected chi connectivity index (χ1v) is 12.0. The van der Waals surface area contributed by atoms with Gasteiger partial charge >= 0.3 is 0 Å². The van der Waals surface area contributed by atoms with Gasteiger partial charge in [-0.1, -0.05) is 65.5 Å². The van der Waals surface area contributed by atoms with Crippen molar-refractivity contribution in [3.8, 4) is 0 Å². The van der Waals surface area contributed by atoms with Gasteiger partial charge in [0, 0.05) is 5.48 Å². The van der Waals surface area contributed by atoms with Gasteiger partial charge in [0.05, 0.1) is 6.10 Å². The smallest absolute Gasteiger partial charge is 0.0543 e. The molecule has 0 aromatic carbocycles. The van der Waals surface area contributed by atoms with Crippen LogP contribution >= 0.6 is 0 Å². The summed E-state index contributed by atoms with van der Waals surface area (Å²) in [5, 5.41) is 10.4. The molecule has 160 valence electrons. The van der Waals surface area contributed by atoms with Gasteiger partial charge in [-0.25, -0.2) is 0 Å². The van der Waals surface area contributed by atoms with E-state index in [1.807, 2.05) is 6.92 Å². The summed E-state index contributed by atoms with van der Waals surface area (Å²) in [6, 6.07) is 0. The van der Waals surface area contributed by atoms with Crippen LogP contribution in [-0.2, 0) is 0 Å². The molecule has 3 fully saturated rings. The van der Waals surface area contributed by atoms with Crippen molar-refractivity contribution in [2.75, 3.05) is 0 Å². The fourth-order valence-electron chi connectivity index (χ4n) is 7.61. The lowest BCUT2D eigenvalue weighted by atomic mass is 9.47. The summed E-state index contributed by atoms with van der Waals surface area (Å²) in [5.74, 6) is 1.58. The fraction of sp³-hybridized carbons (Fsp3) is 0.926. The fourth-order valence-corrected chi connectivity index (χ4v) is 7.61. The Morgan fingerprint density at radius 1 is 1.14 bits per heavy atom. The number of aliphatic hydroxyl groups is 1. The van der Waals surface area contributed by atoms with Gasteiger partial charge in [-0.2, -0.15) is 0 Å². The number of rotatable bonds is 5. The number of allylic oxidation sites excluding steroid dienone is 2. The van der Waals surface area contributed by atoms with Crippen LogP contribution in [0.4, 0.5) is 0 Å². The van der Waals surface area contributed by atoms with Crippen molar-refractivity contribution < 1.29 is 10.6 Å². The van der Waals surface area contributed by atoms with Gasteiger partial charge in [-0.3, -0.25) is 0 Å². The van der Waals surface area contributed by atoms with E-state index in [1.165, 1.54) is 37.7 Å². The average molecular weight is 391 g/mol. The zero-order valence-corrected chi connectivity index (χ0v) is 18.9. The third kappa shape index (κ3) is 3.42. The molecule has 0 radical (unpaired) electrons. The number of hydrogen-bond acceptors (Lipinski definition) is 1. The van der Waals surface area contributed by atoms with E-state index in [-0.39, 0.29) is 17.8 Å². The first-order valence-electron chi connectivity index (χ1n) is 14.3. The summed E-state index contributed by atoms with van der Waals surface area (Å²) in [7, 11) is 0. The monoisotopic (exact) mass is 390 g/mol. The van der Waals surface area contributed by atoms with Gasteiger partial charge < -0.3 is 5.11 Å². The Balaban J connectivity index is 1.63. The molecule has 3 unspecified atom stereocenters. The van der Waals surface area contributed by atoms with Gasteiger partial charge in [-0.15, -0.1) is 0 Å². The summed E-state index contributed by atoms with van der Waals surface area (Å²) in [6.07, 6.45) is 7.28. The van der Waals surface area contributed by atoms with E-state index in [1.54, 1.807) is 0 Å². The Morgan fingerprint density at radius 3 is 2.64 bits per heavy atom. The quantitative estimate of drug-likeness (QED) is 0.485. The van der Waals surface area contributed by atoms with Gasteiger partial charge in [0.25, 0.3) is 0 Å². The third-order valence-electron chi connectivity index (χ3n) is 9.30. The van der Waals surface area contributed by atoms with Crippen LogP contribution in [0.1, 0.15) is 111 Å². The highest BCUT2D eigenvalue weighted by Crippen LogP contribution is 2.66. The van der Waals surface area contributed by atoms with Crippen molar-refractivity contribution in [3.63, 3.8) is 0 Å². The minimum Gasteiger partial charge on any atom is -0.393 e. The number of hydrogen-bond donors (Lipinski definition) is 1. The maximum Gasteiger partial charge on any atom is 0.0543 e. The Labute approximate surface area is 180 Å². The Hall–Kier alpha value is -0.300. The maximum absolute atomic E-state index is 10.4. The predicted molar refractivity (Wildman–Crippen MR) is 119 cm³/mol. The third-order valence-corrected chi connectivity index (χ3v) is 9.30. The second-order valence-corrected chi connectivity index (χ2v) is 11.4. The molecule has 0 heterocycles. The second kappa shape index (κ2) is 7.75. The molecule has 0 amide bonds. The molecule has 0 aromatic heterocycles. The standard InChI is InChI=1S/C27H46O/c1-18(2)7-6-8-19(3)23-11-12-24-22-10-9-20-17-21(28)13-15-26(20,4)25(22)14-16-27(23,24)5/h10,18-21,23-25,28H,6-9,11-17H2,1-5H3/t19-,20+,21+,23-,24+,25+,26+,27-/m1/s1/i9D,13D,15D,20D/t9?,13?,15?,19-,20+,21+,23-,24+,25+,26+,27-. The SMILES string of the molecule is [2H]C1C([2H])[C@]2(C)[C@H]3CC[C@]4(C)[C@@H]([C@H](C)CCCC(C)C)CC[C@H]4C3=CC([2H])[C@@]2([2H])C[C@H]1O. The molecule has 4 aliphatic rings. The van der Waals surface area contributed by atoms with Gasteiger partial charge in [0.15, 0.2) is 0 Å². The van der Waals surface area contributed by atoms with Crippen molar-refractivity contribution >= 4 is 0 Å². The van der Waals surface area contributed by atoms with E-state index in [0.29, 0.717) is 17.8 Å². The molecular weight excluding hydrogens is 340 g/mol. The molecule has 28 heavy (non-hydrogen) atoms. The summed E-state index contributed by atoms with van der Waals surface area (Å²) in [6.45, 7) is 11.6. The largest absolute Gasteiger partial charge is 0.393 e. The first kappa shape index (κ1) is 16.4. The zero-order chi connectivity index (χ0) is 23.6. The average Bonchev–Trinajstić information content (AvgIpc) is 3.07. The molecule has 1 N–H and O–H groups in total. The van der Waals surface area contributed by atoms with Crippen LogP contribution in [0.25, 0.3) is 0 Å². The zero-order valence-electron chi connectivity index (χ0n) is 22.9. The lowest BCUT2D eigenvalue weighted by Crippen LogP contribution is -2.49. The van der Waals surface area contributed by atoms with Crippen LogP contribution in [-0.4, -0.2) is 11.2 Å². The van der Waals surface area contributed by atoms with E-state index in [2.05, 4.69) is 33.8 Å². The normalized spacial score (nSPS) is 59.1. The highest BCUT2D eigenvalue weighted by Gasteiger charge is 2.58. The lowest BCUT2D eigenvalue weighted by Gasteiger charge is -2.57. The minimum atomic E-state index is -1.18. The van der Waals surface area contributed by atoms with Crippen molar-refractivity contribution in [3.05, 3.63) is 11.6 Å². The van der Waals surface area contributed by atoms with Gasteiger partial charge in [-0.05, 0) is 97.6 Å². The minimum absolute atomic E-state index is 0.109. The molecule has 1 heteroatoms. The molecule has 0 spiro atoms. The molecule has 3 saturated carbocycles. The molecule has 11 atom stereocenters. The molecule has 1 nitrogen and oxygen atoms in total. The van der Waals surface area contributed by atoms with Crippen molar-refractivity contribution in [2.45, 2.75) is 111 Å². The second-order valence-electron chi connectivity index (χ2n) is 11.4. The van der Waals surface area contributed by atoms with E-state index >= 15 is 0 Å². The van der Waals surface area contributed by atoms with E-state index < -0.39 is 36.6 Å². The van der Waals surface area contributed by atoms with E-state index in [9.17, 15) is 6.48 Å². The van der Waals surface area contributed by atoms with Crippen molar-refractivity contribution in [1.29, 1.82) is 0 Å². The van der Waals surface area contributed by atoms with Gasteiger partial charge in [0.1, 0.15) is 0 Å². The molecule has 4 aliphatic carbocycles. The van der Waals surface area contributed by atoms with Gasteiger partial charge in [0.2, 0.25) is 0 Å². The topological polar surface area (TPSA) is 20.2 Å². The molecule has 0 aliphatic heterocycles. The van der Waals surface area contributed by atoms with Crippen LogP contribution in [0.2, 0.25) is 0 Å². The number of aliphatic hydroxyl groups excluding tert-OH is 1. The van der Waals surface area contributed by atoms with E-state index in [0.717, 1.165) is 18.8 Å². The van der Waals surface area contributed by atoms with Crippen molar-refractivity contribution in [1.82, 2.24) is 0 Å². The Bertz CT molecular complexity index is 739. The van der Waals surface area contributed by atoms with E-state index in [4.69, 9.17) is 4.11 Å². The highest BCUT2D eigenvalue weighted by atomic mass is 16.3. The molecule has 4 rings (SSSR count). The molecule has 0 saturated heterocycles. The highest BCUT2D eigenvalue weighted by molar-refractivity contribution is 5.27. The number of fused-ring (bicyclic) bond motifs is 5. The lowest BCUT2D eigenvalue weighted by molar-refractivity contribution is -0.0427. The van der Waals surface area contributed by atoms with Crippen LogP contribution in [0.3, 0.4) is 0 Å². The summed E-state index contributed by atoms with van der Waals surface area (Å²) in [4.78, 5) is 0. The maximum atomic E-state index is 10.4. The molecular formula is C27H46O. The predicted octanol–water partition coefficient (Wildman–Crippen LogP) is 7.39. The summed E-state index contributed by atoms with van der Waals surface area (Å²) >= 11 is 0. The summed E-state index contributed by atoms with van der Waals surface area (Å²) < 4.78 is 35.7. The van der Waals surface area contributed by atoms with Crippen LogP contribution in [0, 0.1) is 46.3 Å². The molecule has 0 bridgehead atoms. The van der Waals surface area contributed by atoms with Crippen LogP contribution < -0.4 is 0 Å². The van der Waals surface area contributed by atoms with Crippen molar-refractivity contribution in [2.24, 2.45) is 46.3 Å². The Morgan fingerprint density at radius 2 is 1.89 bits per heavy atom.